The molecule has 1 amide bonds. The number of halogens is 1. The monoisotopic (exact) mass is 441 g/mol. The number of amides is 1. The molecule has 1 aromatic heterocycles. The Balaban J connectivity index is 1.46. The predicted octanol–water partition coefficient (Wildman–Crippen LogP) is 4.23. The molecule has 6 nitrogen and oxygen atoms in total. The normalized spacial score (nSPS) is 14.2. The highest BCUT2D eigenvalue weighted by Gasteiger charge is 2.23. The SMILES string of the molecule is Cc1cccc(-c2n[nH]c(=S)n2CC(=O)N2CCN(c3cc(Cl)ccc3C)CC2)c1. The molecule has 0 aliphatic carbocycles. The number of aromatic nitrogens is 3. The van der Waals surface area contributed by atoms with E-state index in [-0.39, 0.29) is 12.5 Å². The van der Waals surface area contributed by atoms with E-state index >= 15 is 0 Å². The van der Waals surface area contributed by atoms with Gasteiger partial charge in [0.1, 0.15) is 6.54 Å². The summed E-state index contributed by atoms with van der Waals surface area (Å²) in [6.07, 6.45) is 0. The fraction of sp³-hybridized carbons (Fsp3) is 0.318. The number of aryl methyl sites for hydroxylation is 2. The van der Waals surface area contributed by atoms with Gasteiger partial charge >= 0.3 is 0 Å². The Morgan fingerprint density at radius 2 is 1.90 bits per heavy atom. The van der Waals surface area contributed by atoms with Gasteiger partial charge in [0.05, 0.1) is 0 Å². The van der Waals surface area contributed by atoms with Gasteiger partial charge in [-0.15, -0.1) is 0 Å². The molecule has 156 valence electrons. The molecule has 1 saturated heterocycles. The maximum Gasteiger partial charge on any atom is 0.242 e. The third kappa shape index (κ3) is 4.27. The van der Waals surface area contributed by atoms with E-state index in [2.05, 4.69) is 22.0 Å². The van der Waals surface area contributed by atoms with E-state index in [0.29, 0.717) is 23.7 Å². The topological polar surface area (TPSA) is 57.2 Å². The predicted molar refractivity (Wildman–Crippen MR) is 123 cm³/mol. The van der Waals surface area contributed by atoms with Gasteiger partial charge in [0.25, 0.3) is 0 Å². The standard InChI is InChI=1S/C22H24ClN5OS/c1-15-4-3-5-17(12-15)21-24-25-22(30)28(21)14-20(29)27-10-8-26(9-11-27)19-13-18(23)7-6-16(19)2/h3-7,12-13H,8-11,14H2,1-2H3,(H,25,30). The molecule has 4 rings (SSSR count). The number of piperazine rings is 1. The first-order valence-corrected chi connectivity index (χ1v) is 10.7. The van der Waals surface area contributed by atoms with Gasteiger partial charge in [0, 0.05) is 42.5 Å². The second-order valence-electron chi connectivity index (χ2n) is 7.61. The second kappa shape index (κ2) is 8.62. The van der Waals surface area contributed by atoms with Crippen LogP contribution in [-0.2, 0) is 11.3 Å². The highest BCUT2D eigenvalue weighted by atomic mass is 35.5. The Hall–Kier alpha value is -2.64. The molecule has 2 aromatic carbocycles. The van der Waals surface area contributed by atoms with Crippen molar-refractivity contribution in [3.8, 4) is 11.4 Å². The van der Waals surface area contributed by atoms with Crippen LogP contribution in [0.1, 0.15) is 11.1 Å². The number of H-pyrrole nitrogens is 1. The number of hydrogen-bond acceptors (Lipinski definition) is 4. The van der Waals surface area contributed by atoms with Crippen molar-refractivity contribution in [3.63, 3.8) is 0 Å². The number of nitrogens with one attached hydrogen (secondary N) is 1. The first-order chi connectivity index (χ1) is 14.4. The molecule has 3 aromatic rings. The van der Waals surface area contributed by atoms with Crippen molar-refractivity contribution in [1.29, 1.82) is 0 Å². The Morgan fingerprint density at radius 1 is 1.13 bits per heavy atom. The highest BCUT2D eigenvalue weighted by molar-refractivity contribution is 7.71. The quantitative estimate of drug-likeness (QED) is 0.615. The molecule has 1 fully saturated rings. The minimum atomic E-state index is 0.0452. The van der Waals surface area contributed by atoms with Crippen molar-refractivity contribution in [2.75, 3.05) is 31.1 Å². The molecule has 0 atom stereocenters. The summed E-state index contributed by atoms with van der Waals surface area (Å²) in [6.45, 7) is 7.15. The minimum absolute atomic E-state index is 0.0452. The Kier molecular flexibility index (Phi) is 5.92. The van der Waals surface area contributed by atoms with Gasteiger partial charge in [-0.2, -0.15) is 5.10 Å². The number of hydrogen-bond donors (Lipinski definition) is 1. The van der Waals surface area contributed by atoms with Crippen molar-refractivity contribution in [1.82, 2.24) is 19.7 Å². The molecule has 0 unspecified atom stereocenters. The summed E-state index contributed by atoms with van der Waals surface area (Å²) in [5.74, 6) is 0.731. The smallest absolute Gasteiger partial charge is 0.242 e. The van der Waals surface area contributed by atoms with Gasteiger partial charge in [0.2, 0.25) is 5.91 Å². The molecular formula is C22H24ClN5OS. The number of rotatable bonds is 4. The lowest BCUT2D eigenvalue weighted by Crippen LogP contribution is -2.49. The number of benzene rings is 2. The molecule has 0 radical (unpaired) electrons. The third-order valence-corrected chi connectivity index (χ3v) is 6.02. The van der Waals surface area contributed by atoms with Crippen molar-refractivity contribution < 1.29 is 4.79 Å². The van der Waals surface area contributed by atoms with Crippen LogP contribution in [0.3, 0.4) is 0 Å². The first kappa shape index (κ1) is 20.6. The third-order valence-electron chi connectivity index (χ3n) is 5.47. The van der Waals surface area contributed by atoms with Crippen molar-refractivity contribution in [2.24, 2.45) is 0 Å². The number of carbonyl (C=O) groups excluding carboxylic acids is 1. The fourth-order valence-corrected chi connectivity index (χ4v) is 4.19. The number of anilines is 1. The summed E-state index contributed by atoms with van der Waals surface area (Å²) >= 11 is 11.6. The van der Waals surface area contributed by atoms with Crippen LogP contribution in [0.2, 0.25) is 5.02 Å². The average molecular weight is 442 g/mol. The van der Waals surface area contributed by atoms with Gasteiger partial charge in [-0.1, -0.05) is 41.4 Å². The number of aromatic amines is 1. The van der Waals surface area contributed by atoms with E-state index in [1.54, 1.807) is 4.57 Å². The minimum Gasteiger partial charge on any atom is -0.368 e. The number of nitrogens with zero attached hydrogens (tertiary/aromatic N) is 4. The van der Waals surface area contributed by atoms with E-state index in [1.165, 1.54) is 5.56 Å². The van der Waals surface area contributed by atoms with Gasteiger partial charge in [0.15, 0.2) is 10.6 Å². The van der Waals surface area contributed by atoms with Crippen LogP contribution >= 0.6 is 23.8 Å². The summed E-state index contributed by atoms with van der Waals surface area (Å²) < 4.78 is 2.23. The van der Waals surface area contributed by atoms with E-state index in [0.717, 1.165) is 34.9 Å². The molecule has 1 aliphatic heterocycles. The molecule has 1 aliphatic rings. The van der Waals surface area contributed by atoms with Gasteiger partial charge in [-0.25, -0.2) is 0 Å². The summed E-state index contributed by atoms with van der Waals surface area (Å²) in [6, 6.07) is 14.0. The van der Waals surface area contributed by atoms with Crippen LogP contribution in [0.4, 0.5) is 5.69 Å². The van der Waals surface area contributed by atoms with Crippen molar-refractivity contribution >= 4 is 35.4 Å². The van der Waals surface area contributed by atoms with Crippen molar-refractivity contribution in [3.05, 3.63) is 63.4 Å². The van der Waals surface area contributed by atoms with Crippen LogP contribution < -0.4 is 4.90 Å². The van der Waals surface area contributed by atoms with Gasteiger partial charge in [-0.3, -0.25) is 14.5 Å². The summed E-state index contributed by atoms with van der Waals surface area (Å²) in [5.41, 5.74) is 4.39. The average Bonchev–Trinajstić information content (AvgIpc) is 3.10. The van der Waals surface area contributed by atoms with E-state index in [1.807, 2.05) is 54.3 Å². The Morgan fingerprint density at radius 3 is 2.63 bits per heavy atom. The molecule has 0 saturated carbocycles. The van der Waals surface area contributed by atoms with Crippen LogP contribution in [0.5, 0.6) is 0 Å². The lowest BCUT2D eigenvalue weighted by Gasteiger charge is -2.37. The molecular weight excluding hydrogens is 418 g/mol. The molecule has 2 heterocycles. The van der Waals surface area contributed by atoms with Gasteiger partial charge in [-0.05, 0) is 49.8 Å². The van der Waals surface area contributed by atoms with Crippen LogP contribution in [0.25, 0.3) is 11.4 Å². The van der Waals surface area contributed by atoms with E-state index < -0.39 is 0 Å². The molecule has 0 bridgehead atoms. The molecule has 0 spiro atoms. The molecule has 1 N–H and O–H groups in total. The lowest BCUT2D eigenvalue weighted by atomic mass is 10.1. The number of carbonyl (C=O) groups is 1. The van der Waals surface area contributed by atoms with Gasteiger partial charge < -0.3 is 9.80 Å². The van der Waals surface area contributed by atoms with E-state index in [9.17, 15) is 4.79 Å². The zero-order chi connectivity index (χ0) is 21.3. The zero-order valence-corrected chi connectivity index (χ0v) is 18.6. The van der Waals surface area contributed by atoms with E-state index in [4.69, 9.17) is 23.8 Å². The largest absolute Gasteiger partial charge is 0.368 e. The first-order valence-electron chi connectivity index (χ1n) is 9.93. The molecule has 30 heavy (non-hydrogen) atoms. The summed E-state index contributed by atoms with van der Waals surface area (Å²) in [5, 5.41) is 7.91. The fourth-order valence-electron chi connectivity index (χ4n) is 3.82. The Bertz CT molecular complexity index is 1130. The zero-order valence-electron chi connectivity index (χ0n) is 17.1. The lowest BCUT2D eigenvalue weighted by molar-refractivity contribution is -0.132. The highest BCUT2D eigenvalue weighted by Crippen LogP contribution is 2.25. The maximum absolute atomic E-state index is 13.0. The van der Waals surface area contributed by atoms with Crippen LogP contribution in [0.15, 0.2) is 42.5 Å². The summed E-state index contributed by atoms with van der Waals surface area (Å²) in [7, 11) is 0. The van der Waals surface area contributed by atoms with Crippen LogP contribution in [-0.4, -0.2) is 51.8 Å². The maximum atomic E-state index is 13.0. The van der Waals surface area contributed by atoms with Crippen LogP contribution in [0, 0.1) is 18.6 Å². The summed E-state index contributed by atoms with van der Waals surface area (Å²) in [4.78, 5) is 17.2. The second-order valence-corrected chi connectivity index (χ2v) is 8.43. The molecule has 8 heteroatoms. The van der Waals surface area contributed by atoms with Crippen molar-refractivity contribution in [2.45, 2.75) is 20.4 Å². The Labute approximate surface area is 186 Å².